The van der Waals surface area contributed by atoms with Gasteiger partial charge in [-0.3, -0.25) is 4.90 Å². The van der Waals surface area contributed by atoms with Gasteiger partial charge in [-0.25, -0.2) is 0 Å². The van der Waals surface area contributed by atoms with Gasteiger partial charge in [0.2, 0.25) is 0 Å². The highest BCUT2D eigenvalue weighted by molar-refractivity contribution is 5.47. The molecule has 3 heteroatoms. The Hall–Kier alpha value is -1.06. The predicted octanol–water partition coefficient (Wildman–Crippen LogP) is 2.72. The SMILES string of the molecule is CCCN(CCC)c1ccc(CN2CCNCC2)cc1. The Morgan fingerprint density at radius 1 is 1.00 bits per heavy atom. The Morgan fingerprint density at radius 3 is 2.15 bits per heavy atom. The molecule has 112 valence electrons. The van der Waals surface area contributed by atoms with Crippen LogP contribution in [-0.2, 0) is 6.54 Å². The Kier molecular flexibility index (Phi) is 6.34. The molecule has 0 unspecified atom stereocenters. The van der Waals surface area contributed by atoms with Crippen LogP contribution in [0.1, 0.15) is 32.3 Å². The van der Waals surface area contributed by atoms with E-state index in [1.807, 2.05) is 0 Å². The molecule has 0 amide bonds. The lowest BCUT2D eigenvalue weighted by Crippen LogP contribution is -2.42. The zero-order chi connectivity index (χ0) is 14.2. The van der Waals surface area contributed by atoms with Crippen molar-refractivity contribution in [3.63, 3.8) is 0 Å². The lowest BCUT2D eigenvalue weighted by Gasteiger charge is -2.28. The van der Waals surface area contributed by atoms with Crippen LogP contribution >= 0.6 is 0 Å². The molecule has 2 rings (SSSR count). The van der Waals surface area contributed by atoms with Crippen LogP contribution in [0.4, 0.5) is 5.69 Å². The van der Waals surface area contributed by atoms with Gasteiger partial charge in [0, 0.05) is 51.5 Å². The fourth-order valence-corrected chi connectivity index (χ4v) is 2.85. The number of anilines is 1. The molecule has 1 aliphatic heterocycles. The summed E-state index contributed by atoms with van der Waals surface area (Å²) in [6.07, 6.45) is 2.42. The van der Waals surface area contributed by atoms with E-state index in [1.54, 1.807) is 0 Å². The lowest BCUT2D eigenvalue weighted by molar-refractivity contribution is 0.233. The smallest absolute Gasteiger partial charge is 0.0366 e. The van der Waals surface area contributed by atoms with Crippen molar-refractivity contribution in [3.8, 4) is 0 Å². The van der Waals surface area contributed by atoms with Gasteiger partial charge in [-0.15, -0.1) is 0 Å². The molecule has 0 radical (unpaired) electrons. The van der Waals surface area contributed by atoms with E-state index in [4.69, 9.17) is 0 Å². The number of hydrogen-bond acceptors (Lipinski definition) is 3. The van der Waals surface area contributed by atoms with Crippen molar-refractivity contribution in [2.24, 2.45) is 0 Å². The summed E-state index contributed by atoms with van der Waals surface area (Å²) in [6.45, 7) is 12.5. The molecule has 0 saturated carbocycles. The number of benzene rings is 1. The average Bonchev–Trinajstić information content (AvgIpc) is 2.49. The molecule has 0 bridgehead atoms. The van der Waals surface area contributed by atoms with Gasteiger partial charge in [0.25, 0.3) is 0 Å². The largest absolute Gasteiger partial charge is 0.372 e. The highest BCUT2D eigenvalue weighted by atomic mass is 15.2. The molecule has 3 nitrogen and oxygen atoms in total. The standard InChI is InChI=1S/C17H29N3/c1-3-11-20(12-4-2)17-7-5-16(6-8-17)15-19-13-9-18-10-14-19/h5-8,18H,3-4,9-15H2,1-2H3. The second-order valence-electron chi connectivity index (χ2n) is 5.68. The summed E-state index contributed by atoms with van der Waals surface area (Å²) in [6, 6.07) is 9.19. The van der Waals surface area contributed by atoms with E-state index < -0.39 is 0 Å². The van der Waals surface area contributed by atoms with E-state index >= 15 is 0 Å². The molecular weight excluding hydrogens is 246 g/mol. The van der Waals surface area contributed by atoms with E-state index in [2.05, 4.69) is 53.2 Å². The molecule has 0 aliphatic carbocycles. The Balaban J connectivity index is 1.93. The summed E-state index contributed by atoms with van der Waals surface area (Å²) in [7, 11) is 0. The Labute approximate surface area is 124 Å². The van der Waals surface area contributed by atoms with Gasteiger partial charge < -0.3 is 10.2 Å². The molecule has 1 N–H and O–H groups in total. The van der Waals surface area contributed by atoms with Crippen LogP contribution in [0.25, 0.3) is 0 Å². The molecule has 1 fully saturated rings. The Bertz CT molecular complexity index is 362. The van der Waals surface area contributed by atoms with Crippen LogP contribution in [0, 0.1) is 0 Å². The molecule has 20 heavy (non-hydrogen) atoms. The van der Waals surface area contributed by atoms with Crippen molar-refractivity contribution < 1.29 is 0 Å². The summed E-state index contributed by atoms with van der Waals surface area (Å²) in [4.78, 5) is 5.02. The summed E-state index contributed by atoms with van der Waals surface area (Å²) >= 11 is 0. The second-order valence-corrected chi connectivity index (χ2v) is 5.68. The van der Waals surface area contributed by atoms with Crippen LogP contribution in [0.5, 0.6) is 0 Å². The minimum absolute atomic E-state index is 1.09. The van der Waals surface area contributed by atoms with E-state index in [9.17, 15) is 0 Å². The van der Waals surface area contributed by atoms with Crippen molar-refractivity contribution in [3.05, 3.63) is 29.8 Å². The summed E-state index contributed by atoms with van der Waals surface area (Å²) < 4.78 is 0. The first-order valence-electron chi connectivity index (χ1n) is 8.10. The first-order valence-corrected chi connectivity index (χ1v) is 8.10. The number of nitrogens with zero attached hydrogens (tertiary/aromatic N) is 2. The molecule has 1 heterocycles. The highest BCUT2D eigenvalue weighted by Crippen LogP contribution is 2.17. The van der Waals surface area contributed by atoms with Crippen molar-refractivity contribution in [1.82, 2.24) is 10.2 Å². The quantitative estimate of drug-likeness (QED) is 0.825. The van der Waals surface area contributed by atoms with Crippen LogP contribution in [0.3, 0.4) is 0 Å². The van der Waals surface area contributed by atoms with Crippen molar-refractivity contribution in [2.45, 2.75) is 33.2 Å². The number of hydrogen-bond donors (Lipinski definition) is 1. The topological polar surface area (TPSA) is 18.5 Å². The van der Waals surface area contributed by atoms with Gasteiger partial charge in [0.15, 0.2) is 0 Å². The summed E-state index contributed by atoms with van der Waals surface area (Å²) in [5.74, 6) is 0. The maximum Gasteiger partial charge on any atom is 0.0366 e. The fraction of sp³-hybridized carbons (Fsp3) is 0.647. The van der Waals surface area contributed by atoms with Gasteiger partial charge in [-0.1, -0.05) is 26.0 Å². The molecular formula is C17H29N3. The fourth-order valence-electron chi connectivity index (χ4n) is 2.85. The summed E-state index contributed by atoms with van der Waals surface area (Å²) in [5.41, 5.74) is 2.81. The van der Waals surface area contributed by atoms with E-state index in [0.717, 1.165) is 32.7 Å². The predicted molar refractivity (Wildman–Crippen MR) is 87.4 cm³/mol. The molecule has 1 aliphatic rings. The molecule has 1 saturated heterocycles. The average molecular weight is 275 g/mol. The van der Waals surface area contributed by atoms with Crippen molar-refractivity contribution >= 4 is 5.69 Å². The van der Waals surface area contributed by atoms with Gasteiger partial charge in [0.05, 0.1) is 0 Å². The van der Waals surface area contributed by atoms with Crippen LogP contribution in [0.2, 0.25) is 0 Å². The zero-order valence-electron chi connectivity index (χ0n) is 13.1. The normalized spacial score (nSPS) is 16.3. The second kappa shape index (κ2) is 8.28. The molecule has 1 aromatic rings. The third-order valence-electron chi connectivity index (χ3n) is 3.90. The van der Waals surface area contributed by atoms with E-state index in [1.165, 1.54) is 37.2 Å². The minimum Gasteiger partial charge on any atom is -0.372 e. The van der Waals surface area contributed by atoms with Gasteiger partial charge in [0.1, 0.15) is 0 Å². The lowest BCUT2D eigenvalue weighted by atomic mass is 10.1. The molecule has 0 atom stereocenters. The molecule has 0 spiro atoms. The zero-order valence-corrected chi connectivity index (χ0v) is 13.1. The number of nitrogens with one attached hydrogen (secondary N) is 1. The highest BCUT2D eigenvalue weighted by Gasteiger charge is 2.10. The van der Waals surface area contributed by atoms with Gasteiger partial charge in [-0.2, -0.15) is 0 Å². The molecule has 1 aromatic carbocycles. The summed E-state index contributed by atoms with van der Waals surface area (Å²) in [5, 5.41) is 3.40. The van der Waals surface area contributed by atoms with Crippen LogP contribution < -0.4 is 10.2 Å². The number of piperazine rings is 1. The van der Waals surface area contributed by atoms with E-state index in [0.29, 0.717) is 0 Å². The van der Waals surface area contributed by atoms with Crippen molar-refractivity contribution in [1.29, 1.82) is 0 Å². The number of rotatable bonds is 7. The van der Waals surface area contributed by atoms with Crippen LogP contribution in [0.15, 0.2) is 24.3 Å². The van der Waals surface area contributed by atoms with E-state index in [-0.39, 0.29) is 0 Å². The third-order valence-corrected chi connectivity index (χ3v) is 3.90. The first kappa shape index (κ1) is 15.3. The van der Waals surface area contributed by atoms with Gasteiger partial charge >= 0.3 is 0 Å². The van der Waals surface area contributed by atoms with Gasteiger partial charge in [-0.05, 0) is 30.5 Å². The monoisotopic (exact) mass is 275 g/mol. The maximum absolute atomic E-state index is 3.40. The third kappa shape index (κ3) is 4.50. The maximum atomic E-state index is 3.40. The minimum atomic E-state index is 1.09. The molecule has 0 aromatic heterocycles. The first-order chi connectivity index (χ1) is 9.83. The van der Waals surface area contributed by atoms with Crippen molar-refractivity contribution in [2.75, 3.05) is 44.2 Å². The Morgan fingerprint density at radius 2 is 1.60 bits per heavy atom. The van der Waals surface area contributed by atoms with Crippen LogP contribution in [-0.4, -0.2) is 44.2 Å².